The Labute approximate surface area is 272 Å². The van der Waals surface area contributed by atoms with Crippen molar-refractivity contribution in [3.8, 4) is 28.4 Å². The molecular weight excluding hydrogens is 582 g/mol. The Morgan fingerprint density at radius 1 is 0.711 bits per heavy atom. The lowest BCUT2D eigenvalue weighted by Crippen LogP contribution is -2.25. The van der Waals surface area contributed by atoms with E-state index in [1.807, 2.05) is 78.9 Å². The van der Waals surface area contributed by atoms with Crippen LogP contribution in [-0.2, 0) is 24.4 Å². The van der Waals surface area contributed by atoms with Gasteiger partial charge in [0.2, 0.25) is 0 Å². The van der Waals surface area contributed by atoms with E-state index in [2.05, 4.69) is 53.8 Å². The summed E-state index contributed by atoms with van der Waals surface area (Å²) in [5, 5.41) is 0.742. The normalized spacial score (nSPS) is 11.2. The first-order valence-corrected chi connectivity index (χ1v) is 16.1. The fourth-order valence-electron chi connectivity index (χ4n) is 5.10. The molecule has 5 rings (SSSR count). The molecule has 5 aromatic rings. The molecule has 1 heterocycles. The van der Waals surface area contributed by atoms with E-state index in [0.29, 0.717) is 26.4 Å². The molecule has 0 bridgehead atoms. The Morgan fingerprint density at radius 3 is 2.07 bits per heavy atom. The molecule has 0 aliphatic carbocycles. The number of aromatic nitrogens is 2. The summed E-state index contributed by atoms with van der Waals surface area (Å²) in [6.07, 6.45) is 3.89. The lowest BCUT2D eigenvalue weighted by molar-refractivity contribution is 0.101. The largest absolute Gasteiger partial charge is 0.494 e. The first-order valence-electron chi connectivity index (χ1n) is 15.7. The second-order valence-corrected chi connectivity index (χ2v) is 11.3. The van der Waals surface area contributed by atoms with Crippen LogP contribution in [-0.4, -0.2) is 47.3 Å². The van der Waals surface area contributed by atoms with Crippen molar-refractivity contribution in [3.63, 3.8) is 0 Å². The van der Waals surface area contributed by atoms with Crippen LogP contribution in [0.5, 0.6) is 11.5 Å². The number of rotatable bonds is 17. The van der Waals surface area contributed by atoms with E-state index in [4.69, 9.17) is 30.8 Å². The van der Waals surface area contributed by atoms with Crippen LogP contribution in [0.15, 0.2) is 109 Å². The second kappa shape index (κ2) is 16.8. The summed E-state index contributed by atoms with van der Waals surface area (Å²) in [4.78, 5) is 7.40. The highest BCUT2D eigenvalue weighted by Crippen LogP contribution is 2.26. The summed E-state index contributed by atoms with van der Waals surface area (Å²) >= 11 is 6.00. The number of hydrogen-bond donors (Lipinski definition) is 0. The SMILES string of the molecule is CCN(CC)CCCOc1ccc(-n2cc(-c3ccc(OCCc4ccc(Cl)cc4)cc3)nc2COCc2ccccc2)cc1. The highest BCUT2D eigenvalue weighted by atomic mass is 35.5. The summed E-state index contributed by atoms with van der Waals surface area (Å²) in [6.45, 7) is 9.76. The Kier molecular flexibility index (Phi) is 12.1. The average Bonchev–Trinajstić information content (AvgIpc) is 3.51. The lowest BCUT2D eigenvalue weighted by atomic mass is 10.1. The summed E-state index contributed by atoms with van der Waals surface area (Å²) in [5.74, 6) is 2.52. The summed E-state index contributed by atoms with van der Waals surface area (Å²) in [5.41, 5.74) is 5.21. The maximum Gasteiger partial charge on any atom is 0.140 e. The van der Waals surface area contributed by atoms with Crippen LogP contribution in [0.2, 0.25) is 5.02 Å². The molecule has 0 saturated carbocycles. The molecule has 0 fully saturated rings. The third-order valence-electron chi connectivity index (χ3n) is 7.74. The molecule has 0 atom stereocenters. The number of hydrogen-bond acceptors (Lipinski definition) is 5. The fourth-order valence-corrected chi connectivity index (χ4v) is 5.22. The standard InChI is InChI=1S/C38H42ClN3O3/c1-3-41(4-2)24-8-25-44-36-21-17-34(18-22-36)42-27-37(40-38(42)29-43-28-31-9-6-5-7-10-31)32-13-19-35(20-14-32)45-26-23-30-11-15-33(39)16-12-30/h5-7,9-22,27H,3-4,8,23-26,28-29H2,1-2H3. The molecule has 0 radical (unpaired) electrons. The third kappa shape index (κ3) is 9.69. The van der Waals surface area contributed by atoms with Crippen molar-refractivity contribution < 1.29 is 14.2 Å². The quantitative estimate of drug-likeness (QED) is 0.0970. The maximum atomic E-state index is 6.11. The first kappa shape index (κ1) is 32.3. The number of ether oxygens (including phenoxy) is 3. The number of nitrogens with zero attached hydrogens (tertiary/aromatic N) is 3. The molecule has 4 aromatic carbocycles. The first-order chi connectivity index (χ1) is 22.1. The van der Waals surface area contributed by atoms with E-state index in [9.17, 15) is 0 Å². The van der Waals surface area contributed by atoms with Gasteiger partial charge in [-0.15, -0.1) is 0 Å². The van der Waals surface area contributed by atoms with Gasteiger partial charge in [-0.2, -0.15) is 0 Å². The van der Waals surface area contributed by atoms with Crippen molar-refractivity contribution >= 4 is 11.6 Å². The van der Waals surface area contributed by atoms with E-state index < -0.39 is 0 Å². The van der Waals surface area contributed by atoms with Gasteiger partial charge in [-0.1, -0.05) is 67.9 Å². The Bertz CT molecular complexity index is 1570. The molecule has 0 spiro atoms. The maximum absolute atomic E-state index is 6.11. The molecule has 45 heavy (non-hydrogen) atoms. The van der Waals surface area contributed by atoms with Gasteiger partial charge in [-0.05, 0) is 91.3 Å². The Morgan fingerprint density at radius 2 is 1.38 bits per heavy atom. The zero-order chi connectivity index (χ0) is 31.3. The smallest absolute Gasteiger partial charge is 0.140 e. The molecule has 0 saturated heterocycles. The van der Waals surface area contributed by atoms with Crippen molar-refractivity contribution in [2.75, 3.05) is 32.8 Å². The molecule has 234 valence electrons. The third-order valence-corrected chi connectivity index (χ3v) is 7.99. The highest BCUT2D eigenvalue weighted by Gasteiger charge is 2.13. The van der Waals surface area contributed by atoms with E-state index >= 15 is 0 Å². The molecule has 7 heteroatoms. The fraction of sp³-hybridized carbons (Fsp3) is 0.289. The second-order valence-electron chi connectivity index (χ2n) is 10.9. The molecule has 6 nitrogen and oxygen atoms in total. The molecule has 0 aliphatic rings. The van der Waals surface area contributed by atoms with E-state index in [0.717, 1.165) is 77.3 Å². The van der Waals surface area contributed by atoms with Gasteiger partial charge in [-0.25, -0.2) is 4.98 Å². The number of halogens is 1. The Balaban J connectivity index is 1.25. The van der Waals surface area contributed by atoms with Crippen molar-refractivity contribution in [1.82, 2.24) is 14.5 Å². The van der Waals surface area contributed by atoms with Gasteiger partial charge >= 0.3 is 0 Å². The molecule has 0 unspecified atom stereocenters. The minimum atomic E-state index is 0.379. The van der Waals surface area contributed by atoms with Crippen LogP contribution >= 0.6 is 11.6 Å². The van der Waals surface area contributed by atoms with Crippen LogP contribution in [0.25, 0.3) is 16.9 Å². The number of imidazole rings is 1. The van der Waals surface area contributed by atoms with Gasteiger partial charge in [0.15, 0.2) is 0 Å². The van der Waals surface area contributed by atoms with E-state index in [-0.39, 0.29) is 0 Å². The average molecular weight is 624 g/mol. The zero-order valence-corrected chi connectivity index (χ0v) is 27.0. The zero-order valence-electron chi connectivity index (χ0n) is 26.2. The number of benzene rings is 4. The van der Waals surface area contributed by atoms with Gasteiger partial charge in [0, 0.05) is 35.4 Å². The van der Waals surface area contributed by atoms with Gasteiger partial charge < -0.3 is 23.7 Å². The Hall–Kier alpha value is -4.10. The summed E-state index contributed by atoms with van der Waals surface area (Å²) in [6, 6.07) is 34.3. The minimum Gasteiger partial charge on any atom is -0.494 e. The topological polar surface area (TPSA) is 48.8 Å². The van der Waals surface area contributed by atoms with Gasteiger partial charge in [0.1, 0.15) is 23.9 Å². The molecule has 0 amide bonds. The van der Waals surface area contributed by atoms with E-state index in [1.54, 1.807) is 0 Å². The van der Waals surface area contributed by atoms with Gasteiger partial charge in [-0.3, -0.25) is 0 Å². The van der Waals surface area contributed by atoms with Crippen LogP contribution in [0.4, 0.5) is 0 Å². The van der Waals surface area contributed by atoms with Crippen LogP contribution < -0.4 is 9.47 Å². The predicted molar refractivity (Wildman–Crippen MR) is 182 cm³/mol. The van der Waals surface area contributed by atoms with Crippen LogP contribution in [0.1, 0.15) is 37.2 Å². The summed E-state index contributed by atoms with van der Waals surface area (Å²) < 4.78 is 20.2. The highest BCUT2D eigenvalue weighted by molar-refractivity contribution is 6.30. The van der Waals surface area contributed by atoms with Crippen LogP contribution in [0.3, 0.4) is 0 Å². The summed E-state index contributed by atoms with van der Waals surface area (Å²) in [7, 11) is 0. The molecule has 0 aliphatic heterocycles. The van der Waals surface area contributed by atoms with Crippen molar-refractivity contribution in [2.24, 2.45) is 0 Å². The monoisotopic (exact) mass is 623 g/mol. The minimum absolute atomic E-state index is 0.379. The predicted octanol–water partition coefficient (Wildman–Crippen LogP) is 8.64. The van der Waals surface area contributed by atoms with Gasteiger partial charge in [0.05, 0.1) is 25.5 Å². The molecular formula is C38H42ClN3O3. The lowest BCUT2D eigenvalue weighted by Gasteiger charge is -2.17. The van der Waals surface area contributed by atoms with Crippen molar-refractivity contribution in [2.45, 2.75) is 39.9 Å². The van der Waals surface area contributed by atoms with Crippen LogP contribution in [0, 0.1) is 0 Å². The van der Waals surface area contributed by atoms with Gasteiger partial charge in [0.25, 0.3) is 0 Å². The van der Waals surface area contributed by atoms with E-state index in [1.165, 1.54) is 5.56 Å². The van der Waals surface area contributed by atoms with Crippen molar-refractivity contribution in [3.05, 3.63) is 131 Å². The molecule has 1 aromatic heterocycles. The van der Waals surface area contributed by atoms with Crippen molar-refractivity contribution in [1.29, 1.82) is 0 Å². The molecule has 0 N–H and O–H groups in total.